The maximum absolute atomic E-state index is 12.3. The number of anilines is 1. The van der Waals surface area contributed by atoms with Gasteiger partial charge in [-0.25, -0.2) is 13.8 Å². The fraction of sp³-hybridized carbons (Fsp3) is 0.417. The van der Waals surface area contributed by atoms with Crippen LogP contribution >= 0.6 is 0 Å². The van der Waals surface area contributed by atoms with Crippen LogP contribution in [-0.4, -0.2) is 67.0 Å². The summed E-state index contributed by atoms with van der Waals surface area (Å²) in [6, 6.07) is 8.22. The second kappa shape index (κ2) is 8.51. The van der Waals surface area contributed by atoms with Crippen molar-refractivity contribution in [1.29, 1.82) is 0 Å². The number of carbonyl (C=O) groups is 1. The molecule has 4 aromatic rings. The highest BCUT2D eigenvalue weighted by Crippen LogP contribution is 2.32. The first-order chi connectivity index (χ1) is 16.3. The molecule has 5 rings (SSSR count). The monoisotopic (exact) mass is 463 g/mol. The number of hydrogen-bond donors (Lipinski definition) is 1. The van der Waals surface area contributed by atoms with Crippen molar-refractivity contribution in [2.24, 2.45) is 0 Å². The molecule has 0 saturated carbocycles. The van der Waals surface area contributed by atoms with Crippen molar-refractivity contribution in [2.45, 2.75) is 45.3 Å². The van der Waals surface area contributed by atoms with Gasteiger partial charge < -0.3 is 19.7 Å². The highest BCUT2D eigenvalue weighted by Gasteiger charge is 2.27. The van der Waals surface area contributed by atoms with Crippen LogP contribution in [0.4, 0.5) is 10.7 Å². The standard InChI is InChI=1S/C24H29N7O3/c1-24(2,3)34-23(32)29-11-7-17(8-12-29)26-22-27-21(33-4)20-19(9-14-31(20)28-22)16-6-13-30-18(15-16)5-10-25-30/h5-6,9-10,13-15,17H,7-8,11-12H2,1-4H3,(H,26,28). The minimum atomic E-state index is -0.494. The van der Waals surface area contributed by atoms with Crippen LogP contribution in [0.1, 0.15) is 33.6 Å². The number of piperidine rings is 1. The number of pyridine rings is 1. The minimum Gasteiger partial charge on any atom is -0.479 e. The summed E-state index contributed by atoms with van der Waals surface area (Å²) in [7, 11) is 1.61. The first-order valence-corrected chi connectivity index (χ1v) is 11.4. The van der Waals surface area contributed by atoms with Gasteiger partial charge in [0.15, 0.2) is 0 Å². The number of likely N-dealkylation sites (tertiary alicyclic amines) is 1. The molecule has 1 aliphatic rings. The van der Waals surface area contributed by atoms with Gasteiger partial charge in [0.2, 0.25) is 11.8 Å². The molecule has 1 aliphatic heterocycles. The van der Waals surface area contributed by atoms with Crippen LogP contribution in [0.5, 0.6) is 5.88 Å². The third-order valence-electron chi connectivity index (χ3n) is 5.86. The molecule has 178 valence electrons. The summed E-state index contributed by atoms with van der Waals surface area (Å²) in [5, 5.41) is 12.3. The summed E-state index contributed by atoms with van der Waals surface area (Å²) in [5.41, 5.74) is 3.33. The third kappa shape index (κ3) is 4.35. The number of methoxy groups -OCH3 is 1. The number of fused-ring (bicyclic) bond motifs is 2. The van der Waals surface area contributed by atoms with Gasteiger partial charge >= 0.3 is 6.09 Å². The summed E-state index contributed by atoms with van der Waals surface area (Å²) in [6.45, 7) is 6.88. The van der Waals surface area contributed by atoms with Gasteiger partial charge in [0, 0.05) is 43.3 Å². The van der Waals surface area contributed by atoms with Crippen LogP contribution in [0.3, 0.4) is 0 Å². The van der Waals surface area contributed by atoms with Crippen LogP contribution in [0.2, 0.25) is 0 Å². The molecule has 0 aromatic carbocycles. The molecule has 1 saturated heterocycles. The molecule has 34 heavy (non-hydrogen) atoms. The van der Waals surface area contributed by atoms with Gasteiger partial charge in [0.1, 0.15) is 11.1 Å². The van der Waals surface area contributed by atoms with Crippen molar-refractivity contribution < 1.29 is 14.3 Å². The molecule has 0 bridgehead atoms. The fourth-order valence-corrected chi connectivity index (χ4v) is 4.23. The Morgan fingerprint density at radius 3 is 2.62 bits per heavy atom. The average molecular weight is 464 g/mol. The maximum Gasteiger partial charge on any atom is 0.410 e. The van der Waals surface area contributed by atoms with Crippen LogP contribution in [0.25, 0.3) is 22.2 Å². The fourth-order valence-electron chi connectivity index (χ4n) is 4.23. The Kier molecular flexibility index (Phi) is 5.51. The van der Waals surface area contributed by atoms with E-state index in [1.54, 1.807) is 22.7 Å². The van der Waals surface area contributed by atoms with E-state index in [-0.39, 0.29) is 12.1 Å². The zero-order valence-electron chi connectivity index (χ0n) is 19.9. The summed E-state index contributed by atoms with van der Waals surface area (Å²) in [5.74, 6) is 0.991. The first-order valence-electron chi connectivity index (χ1n) is 11.4. The molecular formula is C24H29N7O3. The Bertz CT molecular complexity index is 1330. The van der Waals surface area contributed by atoms with E-state index < -0.39 is 5.60 Å². The second-order valence-electron chi connectivity index (χ2n) is 9.47. The quantitative estimate of drug-likeness (QED) is 0.491. The van der Waals surface area contributed by atoms with Gasteiger partial charge in [-0.3, -0.25) is 0 Å². The summed E-state index contributed by atoms with van der Waals surface area (Å²) >= 11 is 0. The highest BCUT2D eigenvalue weighted by atomic mass is 16.6. The molecule has 10 nitrogen and oxygen atoms in total. The lowest BCUT2D eigenvalue weighted by atomic mass is 10.1. The largest absolute Gasteiger partial charge is 0.479 e. The predicted molar refractivity (Wildman–Crippen MR) is 128 cm³/mol. The van der Waals surface area contributed by atoms with Gasteiger partial charge in [-0.2, -0.15) is 10.1 Å². The Balaban J connectivity index is 1.33. The molecule has 4 aromatic heterocycles. The molecule has 5 heterocycles. The molecule has 1 N–H and O–H groups in total. The lowest BCUT2D eigenvalue weighted by molar-refractivity contribution is 0.0210. The topological polar surface area (TPSA) is 98.3 Å². The number of aromatic nitrogens is 5. The van der Waals surface area contributed by atoms with E-state index in [0.717, 1.165) is 35.0 Å². The number of rotatable bonds is 4. The maximum atomic E-state index is 12.3. The Morgan fingerprint density at radius 2 is 1.88 bits per heavy atom. The molecule has 1 amide bonds. The molecule has 0 atom stereocenters. The van der Waals surface area contributed by atoms with Crippen molar-refractivity contribution >= 4 is 23.1 Å². The predicted octanol–water partition coefficient (Wildman–Crippen LogP) is 3.86. The normalized spacial score (nSPS) is 15.1. The average Bonchev–Trinajstić information content (AvgIpc) is 3.44. The van der Waals surface area contributed by atoms with E-state index in [1.165, 1.54) is 0 Å². The van der Waals surface area contributed by atoms with Gasteiger partial charge in [0.25, 0.3) is 0 Å². The zero-order chi connectivity index (χ0) is 23.9. The van der Waals surface area contributed by atoms with E-state index >= 15 is 0 Å². The number of carbonyl (C=O) groups excluding carboxylic acids is 1. The Labute approximate surface area is 197 Å². The van der Waals surface area contributed by atoms with Gasteiger partial charge in [0.05, 0.1) is 12.6 Å². The van der Waals surface area contributed by atoms with E-state index in [1.807, 2.05) is 55.9 Å². The van der Waals surface area contributed by atoms with E-state index in [4.69, 9.17) is 9.47 Å². The highest BCUT2D eigenvalue weighted by molar-refractivity contribution is 5.85. The van der Waals surface area contributed by atoms with Crippen molar-refractivity contribution in [3.63, 3.8) is 0 Å². The molecule has 1 fully saturated rings. The lowest BCUT2D eigenvalue weighted by Gasteiger charge is -2.33. The van der Waals surface area contributed by atoms with Crippen molar-refractivity contribution in [3.05, 3.63) is 42.9 Å². The molecular weight excluding hydrogens is 434 g/mol. The molecule has 10 heteroatoms. The van der Waals surface area contributed by atoms with Crippen molar-refractivity contribution in [2.75, 3.05) is 25.5 Å². The Morgan fingerprint density at radius 1 is 1.12 bits per heavy atom. The van der Waals surface area contributed by atoms with Crippen LogP contribution < -0.4 is 10.1 Å². The Hall–Kier alpha value is -3.82. The van der Waals surface area contributed by atoms with Crippen LogP contribution in [0, 0.1) is 0 Å². The number of nitrogens with one attached hydrogen (secondary N) is 1. The molecule has 0 radical (unpaired) electrons. The van der Waals surface area contributed by atoms with Crippen molar-refractivity contribution in [1.82, 2.24) is 29.1 Å². The van der Waals surface area contributed by atoms with Crippen LogP contribution in [0.15, 0.2) is 42.9 Å². The number of nitrogens with zero attached hydrogens (tertiary/aromatic N) is 6. The smallest absolute Gasteiger partial charge is 0.410 e. The van der Waals surface area contributed by atoms with E-state index in [2.05, 4.69) is 26.6 Å². The summed E-state index contributed by atoms with van der Waals surface area (Å²) in [6.07, 6.45) is 6.92. The number of amides is 1. The minimum absolute atomic E-state index is 0.153. The second-order valence-corrected chi connectivity index (χ2v) is 9.47. The summed E-state index contributed by atoms with van der Waals surface area (Å²) < 4.78 is 14.7. The number of ether oxygens (including phenoxy) is 2. The molecule has 0 aliphatic carbocycles. The SMILES string of the molecule is COc1nc(NC2CCN(C(=O)OC(C)(C)C)CC2)nn2ccc(-c3ccn4nccc4c3)c12. The van der Waals surface area contributed by atoms with Crippen molar-refractivity contribution in [3.8, 4) is 17.0 Å². The molecule has 0 spiro atoms. The van der Waals surface area contributed by atoms with Gasteiger partial charge in [-0.15, -0.1) is 5.10 Å². The number of hydrogen-bond acceptors (Lipinski definition) is 7. The van der Waals surface area contributed by atoms with E-state index in [0.29, 0.717) is 24.9 Å². The summed E-state index contributed by atoms with van der Waals surface area (Å²) in [4.78, 5) is 18.7. The third-order valence-corrected chi connectivity index (χ3v) is 5.86. The molecule has 0 unspecified atom stereocenters. The van der Waals surface area contributed by atoms with Crippen LogP contribution in [-0.2, 0) is 4.74 Å². The van der Waals surface area contributed by atoms with Gasteiger partial charge in [-0.05, 0) is 63.4 Å². The zero-order valence-corrected chi connectivity index (χ0v) is 19.9. The lowest BCUT2D eigenvalue weighted by Crippen LogP contribution is -2.44. The first kappa shape index (κ1) is 22.0. The van der Waals surface area contributed by atoms with E-state index in [9.17, 15) is 4.79 Å². The van der Waals surface area contributed by atoms with Gasteiger partial charge in [-0.1, -0.05) is 0 Å².